The van der Waals surface area contributed by atoms with Gasteiger partial charge >= 0.3 is 0 Å². The molecule has 0 aliphatic carbocycles. The third-order valence-corrected chi connectivity index (χ3v) is 4.38. The number of benzene rings is 1. The van der Waals surface area contributed by atoms with Gasteiger partial charge in [-0.25, -0.2) is 0 Å². The van der Waals surface area contributed by atoms with Crippen LogP contribution in [0.2, 0.25) is 0 Å². The van der Waals surface area contributed by atoms with Crippen LogP contribution in [0.5, 0.6) is 0 Å². The lowest BCUT2D eigenvalue weighted by molar-refractivity contribution is 0.204. The van der Waals surface area contributed by atoms with Gasteiger partial charge in [-0.2, -0.15) is 0 Å². The van der Waals surface area contributed by atoms with Crippen LogP contribution in [0.15, 0.2) is 30.3 Å². The second-order valence-electron chi connectivity index (χ2n) is 5.58. The molecule has 1 aromatic carbocycles. The average Bonchev–Trinajstić information content (AvgIpc) is 2.53. The number of rotatable bonds is 7. The van der Waals surface area contributed by atoms with Gasteiger partial charge in [-0.15, -0.1) is 0 Å². The minimum atomic E-state index is 0.487. The molecule has 1 aliphatic heterocycles. The molecule has 0 amide bonds. The molecular formula is C17H29N3. The second-order valence-corrected chi connectivity index (χ2v) is 5.58. The van der Waals surface area contributed by atoms with Crippen LogP contribution in [0.1, 0.15) is 38.3 Å². The lowest BCUT2D eigenvalue weighted by atomic mass is 10.0. The molecule has 0 radical (unpaired) electrons. The fourth-order valence-corrected chi connectivity index (χ4v) is 3.10. The van der Waals surface area contributed by atoms with Crippen LogP contribution >= 0.6 is 0 Å². The molecule has 0 aromatic heterocycles. The van der Waals surface area contributed by atoms with Crippen LogP contribution in [0, 0.1) is 0 Å². The average molecular weight is 275 g/mol. The zero-order valence-electron chi connectivity index (χ0n) is 12.9. The Labute approximate surface area is 123 Å². The maximum atomic E-state index is 3.79. The van der Waals surface area contributed by atoms with E-state index >= 15 is 0 Å². The molecule has 1 aliphatic rings. The molecule has 1 heterocycles. The maximum Gasteiger partial charge on any atom is 0.0472 e. The number of hydrogen-bond acceptors (Lipinski definition) is 3. The smallest absolute Gasteiger partial charge is 0.0472 e. The van der Waals surface area contributed by atoms with Gasteiger partial charge in [0.05, 0.1) is 0 Å². The Balaban J connectivity index is 1.98. The monoisotopic (exact) mass is 275 g/mol. The summed E-state index contributed by atoms with van der Waals surface area (Å²) in [6.45, 7) is 10.1. The number of hydrogen-bond donors (Lipinski definition) is 2. The molecule has 0 spiro atoms. The van der Waals surface area contributed by atoms with E-state index in [2.05, 4.69) is 59.7 Å². The van der Waals surface area contributed by atoms with Crippen molar-refractivity contribution < 1.29 is 0 Å². The molecule has 1 atom stereocenters. The van der Waals surface area contributed by atoms with Crippen molar-refractivity contribution in [2.75, 3.05) is 32.7 Å². The van der Waals surface area contributed by atoms with Gasteiger partial charge in [0.1, 0.15) is 0 Å². The fourth-order valence-electron chi connectivity index (χ4n) is 3.10. The fraction of sp³-hybridized carbons (Fsp3) is 0.647. The molecule has 2 rings (SSSR count). The summed E-state index contributed by atoms with van der Waals surface area (Å²) < 4.78 is 0. The standard InChI is InChI=1S/C17H29N3/c1-3-20(4-2)17(15-8-6-5-7-9-15)14-19-16-10-12-18-13-11-16/h5-9,16-19H,3-4,10-14H2,1-2H3. The van der Waals surface area contributed by atoms with E-state index in [0.29, 0.717) is 12.1 Å². The van der Waals surface area contributed by atoms with E-state index in [-0.39, 0.29) is 0 Å². The Bertz CT molecular complexity index is 356. The first-order chi connectivity index (χ1) is 9.85. The zero-order valence-corrected chi connectivity index (χ0v) is 12.9. The Morgan fingerprint density at radius 1 is 1.15 bits per heavy atom. The molecule has 3 heteroatoms. The summed E-state index contributed by atoms with van der Waals surface area (Å²) in [7, 11) is 0. The Morgan fingerprint density at radius 2 is 1.80 bits per heavy atom. The molecule has 1 unspecified atom stereocenters. The van der Waals surface area contributed by atoms with E-state index in [9.17, 15) is 0 Å². The summed E-state index contributed by atoms with van der Waals surface area (Å²) in [5, 5.41) is 7.22. The van der Waals surface area contributed by atoms with E-state index in [1.165, 1.54) is 18.4 Å². The predicted octanol–water partition coefficient (Wildman–Crippen LogP) is 2.41. The van der Waals surface area contributed by atoms with E-state index < -0.39 is 0 Å². The third-order valence-electron chi connectivity index (χ3n) is 4.38. The van der Waals surface area contributed by atoms with E-state index in [1.807, 2.05) is 0 Å². The number of piperidine rings is 1. The minimum Gasteiger partial charge on any atom is -0.317 e. The van der Waals surface area contributed by atoms with Crippen LogP contribution in [0.4, 0.5) is 0 Å². The summed E-state index contributed by atoms with van der Waals surface area (Å²) in [6, 6.07) is 12.1. The van der Waals surface area contributed by atoms with Crippen LogP contribution < -0.4 is 10.6 Å². The highest BCUT2D eigenvalue weighted by atomic mass is 15.2. The summed E-state index contributed by atoms with van der Waals surface area (Å²) in [4.78, 5) is 2.55. The molecule has 1 fully saturated rings. The largest absolute Gasteiger partial charge is 0.317 e. The molecule has 1 saturated heterocycles. The molecular weight excluding hydrogens is 246 g/mol. The van der Waals surface area contributed by atoms with Crippen molar-refractivity contribution in [2.24, 2.45) is 0 Å². The van der Waals surface area contributed by atoms with Crippen molar-refractivity contribution in [2.45, 2.75) is 38.8 Å². The summed E-state index contributed by atoms with van der Waals surface area (Å²) in [5.41, 5.74) is 1.43. The summed E-state index contributed by atoms with van der Waals surface area (Å²) in [6.07, 6.45) is 2.50. The highest BCUT2D eigenvalue weighted by Crippen LogP contribution is 2.20. The van der Waals surface area contributed by atoms with Crippen LogP contribution in [0.3, 0.4) is 0 Å². The topological polar surface area (TPSA) is 27.3 Å². The van der Waals surface area contributed by atoms with Gasteiger partial charge < -0.3 is 10.6 Å². The first-order valence-corrected chi connectivity index (χ1v) is 8.08. The number of likely N-dealkylation sites (N-methyl/N-ethyl adjacent to an activating group) is 1. The highest BCUT2D eigenvalue weighted by Gasteiger charge is 2.20. The summed E-state index contributed by atoms with van der Waals surface area (Å²) in [5.74, 6) is 0. The maximum absolute atomic E-state index is 3.79. The summed E-state index contributed by atoms with van der Waals surface area (Å²) >= 11 is 0. The van der Waals surface area contributed by atoms with Gasteiger partial charge in [0.2, 0.25) is 0 Å². The lowest BCUT2D eigenvalue weighted by Gasteiger charge is -2.33. The predicted molar refractivity (Wildman–Crippen MR) is 86.0 cm³/mol. The molecule has 20 heavy (non-hydrogen) atoms. The van der Waals surface area contributed by atoms with Gasteiger partial charge in [-0.3, -0.25) is 4.90 Å². The SMILES string of the molecule is CCN(CC)C(CNC1CCNCC1)c1ccccc1. The van der Waals surface area contributed by atoms with Crippen molar-refractivity contribution in [3.05, 3.63) is 35.9 Å². The van der Waals surface area contributed by atoms with Gasteiger partial charge in [0.25, 0.3) is 0 Å². The van der Waals surface area contributed by atoms with E-state index in [1.54, 1.807) is 0 Å². The second kappa shape index (κ2) is 8.40. The Morgan fingerprint density at radius 3 is 2.40 bits per heavy atom. The van der Waals surface area contributed by atoms with Crippen molar-refractivity contribution in [3.8, 4) is 0 Å². The first-order valence-electron chi connectivity index (χ1n) is 8.08. The Kier molecular flexibility index (Phi) is 6.51. The van der Waals surface area contributed by atoms with Crippen molar-refractivity contribution in [3.63, 3.8) is 0 Å². The van der Waals surface area contributed by atoms with Crippen molar-refractivity contribution in [1.82, 2.24) is 15.5 Å². The lowest BCUT2D eigenvalue weighted by Crippen LogP contribution is -2.44. The normalized spacial score (nSPS) is 18.4. The third kappa shape index (κ3) is 4.30. The molecule has 0 saturated carbocycles. The van der Waals surface area contributed by atoms with Crippen LogP contribution in [-0.4, -0.2) is 43.7 Å². The number of nitrogens with zero attached hydrogens (tertiary/aromatic N) is 1. The van der Waals surface area contributed by atoms with E-state index in [0.717, 1.165) is 32.7 Å². The van der Waals surface area contributed by atoms with Crippen LogP contribution in [-0.2, 0) is 0 Å². The quantitative estimate of drug-likeness (QED) is 0.800. The van der Waals surface area contributed by atoms with Gasteiger partial charge in [0.15, 0.2) is 0 Å². The zero-order chi connectivity index (χ0) is 14.2. The molecule has 2 N–H and O–H groups in total. The van der Waals surface area contributed by atoms with Gasteiger partial charge in [-0.05, 0) is 44.6 Å². The first kappa shape index (κ1) is 15.5. The number of nitrogens with one attached hydrogen (secondary N) is 2. The molecule has 3 nitrogen and oxygen atoms in total. The van der Waals surface area contributed by atoms with Gasteiger partial charge in [0, 0.05) is 18.6 Å². The van der Waals surface area contributed by atoms with Gasteiger partial charge in [-0.1, -0.05) is 44.2 Å². The highest BCUT2D eigenvalue weighted by molar-refractivity contribution is 5.19. The minimum absolute atomic E-state index is 0.487. The van der Waals surface area contributed by atoms with Crippen LogP contribution in [0.25, 0.3) is 0 Å². The van der Waals surface area contributed by atoms with Crippen molar-refractivity contribution >= 4 is 0 Å². The molecule has 1 aromatic rings. The van der Waals surface area contributed by atoms with E-state index in [4.69, 9.17) is 0 Å². The molecule has 112 valence electrons. The van der Waals surface area contributed by atoms with Crippen molar-refractivity contribution in [1.29, 1.82) is 0 Å². The Hall–Kier alpha value is -0.900. The molecule has 0 bridgehead atoms.